The first kappa shape index (κ1) is 25.3. The molecule has 0 saturated heterocycles. The van der Waals surface area contributed by atoms with Gasteiger partial charge in [0.25, 0.3) is 21.6 Å². The van der Waals surface area contributed by atoms with Gasteiger partial charge in [0.1, 0.15) is 0 Å². The van der Waals surface area contributed by atoms with Gasteiger partial charge in [-0.1, -0.05) is 60.7 Å². The third kappa shape index (κ3) is 6.06. The van der Waals surface area contributed by atoms with Crippen molar-refractivity contribution in [2.75, 3.05) is 4.31 Å². The van der Waals surface area contributed by atoms with Crippen molar-refractivity contribution in [3.63, 3.8) is 0 Å². The summed E-state index contributed by atoms with van der Waals surface area (Å²) in [6, 6.07) is 29.1. The first-order valence-electron chi connectivity index (χ1n) is 11.1. The number of para-hydroxylation sites is 1. The van der Waals surface area contributed by atoms with Crippen LogP contribution >= 0.6 is 0 Å². The Hall–Kier alpha value is -4.83. The Balaban J connectivity index is 1.65. The van der Waals surface area contributed by atoms with Crippen molar-refractivity contribution in [3.05, 3.63) is 136 Å². The summed E-state index contributed by atoms with van der Waals surface area (Å²) in [6.07, 6.45) is 1.34. The van der Waals surface area contributed by atoms with Crippen LogP contribution in [0, 0.1) is 10.1 Å². The Labute approximate surface area is 213 Å². The standard InChI is InChI=1S/C27H22N4O5S/c32-27(29-28-19-21-15-17-23(18-16-21)31(33)34)25-13-7-8-14-26(25)30(20-22-9-3-1-4-10-22)37(35,36)24-11-5-2-6-12-24/h1-19H,20H2,(H,29,32)/b28-19-. The fraction of sp³-hybridized carbons (Fsp3) is 0.0370. The maximum atomic E-state index is 13.7. The zero-order valence-corrected chi connectivity index (χ0v) is 20.3. The summed E-state index contributed by atoms with van der Waals surface area (Å²) in [5, 5.41) is 14.7. The molecular formula is C27H22N4O5S. The van der Waals surface area contributed by atoms with Crippen molar-refractivity contribution in [3.8, 4) is 0 Å². The van der Waals surface area contributed by atoms with E-state index >= 15 is 0 Å². The maximum absolute atomic E-state index is 13.7. The number of carbonyl (C=O) groups excluding carboxylic acids is 1. The van der Waals surface area contributed by atoms with Gasteiger partial charge in [0, 0.05) is 12.1 Å². The van der Waals surface area contributed by atoms with Crippen LogP contribution in [0.4, 0.5) is 11.4 Å². The van der Waals surface area contributed by atoms with Crippen LogP contribution < -0.4 is 9.73 Å². The molecule has 0 aliphatic heterocycles. The van der Waals surface area contributed by atoms with E-state index in [1.165, 1.54) is 53.0 Å². The van der Waals surface area contributed by atoms with E-state index < -0.39 is 20.9 Å². The highest BCUT2D eigenvalue weighted by atomic mass is 32.2. The van der Waals surface area contributed by atoms with E-state index in [-0.39, 0.29) is 28.4 Å². The molecule has 0 aliphatic carbocycles. The monoisotopic (exact) mass is 514 g/mol. The fourth-order valence-corrected chi connectivity index (χ4v) is 5.05. The molecule has 0 aromatic heterocycles. The molecule has 10 heteroatoms. The van der Waals surface area contributed by atoms with Gasteiger partial charge in [0.2, 0.25) is 0 Å². The molecule has 4 aromatic rings. The average molecular weight is 515 g/mol. The van der Waals surface area contributed by atoms with Gasteiger partial charge < -0.3 is 0 Å². The molecule has 0 aliphatic rings. The molecule has 37 heavy (non-hydrogen) atoms. The van der Waals surface area contributed by atoms with Crippen LogP contribution in [0.1, 0.15) is 21.5 Å². The zero-order valence-electron chi connectivity index (χ0n) is 19.5. The van der Waals surface area contributed by atoms with Crippen LogP contribution in [0.25, 0.3) is 0 Å². The van der Waals surface area contributed by atoms with Crippen LogP contribution in [0.5, 0.6) is 0 Å². The lowest BCUT2D eigenvalue weighted by Gasteiger charge is -2.26. The maximum Gasteiger partial charge on any atom is 0.273 e. The second kappa shape index (κ2) is 11.3. The minimum atomic E-state index is -4.02. The highest BCUT2D eigenvalue weighted by Gasteiger charge is 2.28. The molecule has 0 fully saturated rings. The highest BCUT2D eigenvalue weighted by Crippen LogP contribution is 2.29. The Bertz CT molecular complexity index is 1520. The summed E-state index contributed by atoms with van der Waals surface area (Å²) < 4.78 is 28.6. The first-order valence-corrected chi connectivity index (χ1v) is 12.6. The molecule has 0 heterocycles. The second-order valence-electron chi connectivity index (χ2n) is 7.88. The van der Waals surface area contributed by atoms with E-state index in [0.717, 1.165) is 5.56 Å². The second-order valence-corrected chi connectivity index (χ2v) is 9.74. The van der Waals surface area contributed by atoms with Crippen molar-refractivity contribution < 1.29 is 18.1 Å². The van der Waals surface area contributed by atoms with Crippen molar-refractivity contribution in [2.24, 2.45) is 5.10 Å². The van der Waals surface area contributed by atoms with Gasteiger partial charge in [-0.2, -0.15) is 5.10 Å². The largest absolute Gasteiger partial charge is 0.273 e. The number of amides is 1. The molecule has 0 atom stereocenters. The molecule has 0 bridgehead atoms. The molecule has 1 N–H and O–H groups in total. The van der Waals surface area contributed by atoms with Crippen LogP contribution in [0.2, 0.25) is 0 Å². The quantitative estimate of drug-likeness (QED) is 0.196. The third-order valence-electron chi connectivity index (χ3n) is 5.40. The number of non-ortho nitro benzene ring substituents is 1. The van der Waals surface area contributed by atoms with Gasteiger partial charge >= 0.3 is 0 Å². The minimum Gasteiger partial charge on any atom is -0.267 e. The Morgan fingerprint density at radius 1 is 0.865 bits per heavy atom. The fourth-order valence-electron chi connectivity index (χ4n) is 3.56. The van der Waals surface area contributed by atoms with Crippen molar-refractivity contribution in [1.29, 1.82) is 0 Å². The van der Waals surface area contributed by atoms with Crippen molar-refractivity contribution in [2.45, 2.75) is 11.4 Å². The summed E-state index contributed by atoms with van der Waals surface area (Å²) in [5.41, 5.74) is 3.93. The Morgan fingerprint density at radius 2 is 1.46 bits per heavy atom. The number of hydrogen-bond acceptors (Lipinski definition) is 6. The average Bonchev–Trinajstić information content (AvgIpc) is 2.93. The molecule has 0 saturated carbocycles. The van der Waals surface area contributed by atoms with E-state index in [0.29, 0.717) is 5.56 Å². The van der Waals surface area contributed by atoms with Gasteiger partial charge in [-0.05, 0) is 47.5 Å². The molecular weight excluding hydrogens is 492 g/mol. The van der Waals surface area contributed by atoms with Crippen LogP contribution in [-0.2, 0) is 16.6 Å². The van der Waals surface area contributed by atoms with Crippen molar-refractivity contribution in [1.82, 2.24) is 5.43 Å². The first-order chi connectivity index (χ1) is 17.9. The number of anilines is 1. The topological polar surface area (TPSA) is 122 Å². The van der Waals surface area contributed by atoms with Crippen LogP contribution in [-0.4, -0.2) is 25.5 Å². The van der Waals surface area contributed by atoms with Gasteiger partial charge in [-0.15, -0.1) is 0 Å². The predicted molar refractivity (Wildman–Crippen MR) is 141 cm³/mol. The lowest BCUT2D eigenvalue weighted by Crippen LogP contribution is -2.33. The molecule has 0 unspecified atom stereocenters. The van der Waals surface area contributed by atoms with Gasteiger partial charge in [-0.3, -0.25) is 19.2 Å². The molecule has 4 rings (SSSR count). The van der Waals surface area contributed by atoms with E-state index in [4.69, 9.17) is 0 Å². The van der Waals surface area contributed by atoms with Gasteiger partial charge in [0.15, 0.2) is 0 Å². The molecule has 0 radical (unpaired) electrons. The molecule has 4 aromatic carbocycles. The van der Waals surface area contributed by atoms with Gasteiger partial charge in [0.05, 0.1) is 33.8 Å². The smallest absolute Gasteiger partial charge is 0.267 e. The zero-order chi connectivity index (χ0) is 26.3. The van der Waals surface area contributed by atoms with E-state index in [2.05, 4.69) is 10.5 Å². The van der Waals surface area contributed by atoms with E-state index in [1.807, 2.05) is 30.3 Å². The van der Waals surface area contributed by atoms with Crippen LogP contribution in [0.15, 0.2) is 119 Å². The third-order valence-corrected chi connectivity index (χ3v) is 7.18. The summed E-state index contributed by atoms with van der Waals surface area (Å²) in [7, 11) is -4.02. The summed E-state index contributed by atoms with van der Waals surface area (Å²) in [5.74, 6) is -0.616. The number of sulfonamides is 1. The number of nitrogens with zero attached hydrogens (tertiary/aromatic N) is 3. The lowest BCUT2D eigenvalue weighted by molar-refractivity contribution is -0.384. The molecule has 9 nitrogen and oxygen atoms in total. The number of nitrogens with one attached hydrogen (secondary N) is 1. The Morgan fingerprint density at radius 3 is 2.11 bits per heavy atom. The summed E-state index contributed by atoms with van der Waals surface area (Å²) >= 11 is 0. The van der Waals surface area contributed by atoms with E-state index in [1.54, 1.807) is 36.4 Å². The lowest BCUT2D eigenvalue weighted by atomic mass is 10.1. The number of benzene rings is 4. The number of rotatable bonds is 9. The minimum absolute atomic E-state index is 0.00836. The number of hydrogen-bond donors (Lipinski definition) is 1. The molecule has 1 amide bonds. The number of hydrazone groups is 1. The SMILES string of the molecule is O=C(N/N=C\c1ccc([N+](=O)[O-])cc1)c1ccccc1N(Cc1ccccc1)S(=O)(=O)c1ccccc1. The summed E-state index contributed by atoms with van der Waals surface area (Å²) in [4.78, 5) is 23.5. The number of carbonyl (C=O) groups is 1. The van der Waals surface area contributed by atoms with E-state index in [9.17, 15) is 23.3 Å². The summed E-state index contributed by atoms with van der Waals surface area (Å²) in [6.45, 7) is 0.00836. The van der Waals surface area contributed by atoms with Crippen molar-refractivity contribution >= 4 is 33.5 Å². The molecule has 0 spiro atoms. The normalized spacial score (nSPS) is 11.2. The highest BCUT2D eigenvalue weighted by molar-refractivity contribution is 7.92. The predicted octanol–water partition coefficient (Wildman–Crippen LogP) is 4.75. The number of nitro groups is 1. The Kier molecular flexibility index (Phi) is 7.70. The van der Waals surface area contributed by atoms with Gasteiger partial charge in [-0.25, -0.2) is 13.8 Å². The number of nitro benzene ring substituents is 1. The van der Waals surface area contributed by atoms with Crippen LogP contribution in [0.3, 0.4) is 0 Å². The molecule has 186 valence electrons.